The SMILES string of the molecule is C[Si](C)(c1ccc2c3ccccc3n(-c3ccccn3)c2c1)c1ccc2c3ccc([Si](C)(C)c4ccc5c6ccccc6n(-c6ccccn6)c5c4)cc3n(-c3ncccn3)c2c1. The molecule has 0 aliphatic rings. The van der Waals surface area contributed by atoms with E-state index in [1.165, 1.54) is 64.1 Å². The number of aromatic nitrogens is 7. The minimum absolute atomic E-state index is 0.674. The number of rotatable bonds is 7. The van der Waals surface area contributed by atoms with Crippen LogP contribution in [0.1, 0.15) is 0 Å². The Labute approximate surface area is 366 Å². The lowest BCUT2D eigenvalue weighted by molar-refractivity contribution is 0.989. The Morgan fingerprint density at radius 1 is 0.302 bits per heavy atom. The van der Waals surface area contributed by atoms with Gasteiger partial charge in [0.1, 0.15) is 27.8 Å². The molecule has 0 spiro atoms. The van der Waals surface area contributed by atoms with Gasteiger partial charge in [0.15, 0.2) is 0 Å². The largest absolute Gasteiger partial charge is 0.294 e. The second kappa shape index (κ2) is 14.0. The highest BCUT2D eigenvalue weighted by molar-refractivity contribution is 7.01. The van der Waals surface area contributed by atoms with Crippen LogP contribution in [0.25, 0.3) is 83.0 Å². The highest BCUT2D eigenvalue weighted by Gasteiger charge is 2.31. The number of benzene rings is 6. The molecule has 9 heteroatoms. The Morgan fingerprint density at radius 2 is 0.635 bits per heavy atom. The highest BCUT2D eigenvalue weighted by Crippen LogP contribution is 2.35. The average Bonchev–Trinajstić information content (AvgIpc) is 3.97. The molecule has 0 bridgehead atoms. The first-order chi connectivity index (χ1) is 30.8. The molecule has 0 aliphatic carbocycles. The van der Waals surface area contributed by atoms with E-state index in [2.05, 4.69) is 185 Å². The van der Waals surface area contributed by atoms with E-state index in [1.807, 2.05) is 43.0 Å². The quantitative estimate of drug-likeness (QED) is 0.150. The van der Waals surface area contributed by atoms with Crippen LogP contribution in [0.3, 0.4) is 0 Å². The van der Waals surface area contributed by atoms with Crippen LogP contribution < -0.4 is 20.7 Å². The summed E-state index contributed by atoms with van der Waals surface area (Å²) in [6, 6.07) is 59.9. The van der Waals surface area contributed by atoms with Crippen LogP contribution >= 0.6 is 0 Å². The predicted octanol–water partition coefficient (Wildman–Crippen LogP) is 10.2. The monoisotopic (exact) mass is 845 g/mol. The second-order valence-electron chi connectivity index (χ2n) is 17.6. The molecule has 12 aromatic rings. The van der Waals surface area contributed by atoms with Crippen molar-refractivity contribution in [3.05, 3.63) is 189 Å². The zero-order valence-electron chi connectivity index (χ0n) is 35.5. The summed E-state index contributed by atoms with van der Waals surface area (Å²) in [6.07, 6.45) is 7.44. The molecule has 6 heterocycles. The van der Waals surface area contributed by atoms with Crippen molar-refractivity contribution < 1.29 is 0 Å². The van der Waals surface area contributed by atoms with Crippen LogP contribution in [0.15, 0.2) is 189 Å². The summed E-state index contributed by atoms with van der Waals surface area (Å²) >= 11 is 0. The first-order valence-electron chi connectivity index (χ1n) is 21.5. The molecule has 0 radical (unpaired) electrons. The Bertz CT molecular complexity index is 3510. The average molecular weight is 846 g/mol. The zero-order valence-corrected chi connectivity index (χ0v) is 37.5. The molecule has 0 aliphatic heterocycles. The van der Waals surface area contributed by atoms with Crippen LogP contribution in [-0.2, 0) is 0 Å². The van der Waals surface area contributed by atoms with Crippen molar-refractivity contribution in [2.24, 2.45) is 0 Å². The molecule has 0 N–H and O–H groups in total. The van der Waals surface area contributed by atoms with Gasteiger partial charge in [-0.05, 0) is 66.7 Å². The molecule has 0 unspecified atom stereocenters. The minimum atomic E-state index is -2.27. The van der Waals surface area contributed by atoms with Crippen molar-refractivity contribution in [3.8, 4) is 17.6 Å². The standard InChI is InChI=1S/C54H43N7Si2/c1-62(2,36-20-24-42-40-14-5-7-16-46(40)59(48(42)32-36)52-18-9-11-28-55-52)38-22-26-44-45-27-23-39(35-51(45)61(50(44)34-38)54-57-30-13-31-58-54)63(3,4)37-21-25-43-41-15-6-8-17-47(41)60(49(43)33-37)53-19-10-12-29-56-53/h5-35H,1-4H3. The van der Waals surface area contributed by atoms with Crippen molar-refractivity contribution in [1.82, 2.24) is 33.6 Å². The van der Waals surface area contributed by atoms with E-state index in [1.54, 1.807) is 0 Å². The molecule has 0 amide bonds. The number of pyridine rings is 2. The Kier molecular flexibility index (Phi) is 8.31. The van der Waals surface area contributed by atoms with Gasteiger partial charge in [-0.3, -0.25) is 13.7 Å². The number of para-hydroxylation sites is 2. The maximum atomic E-state index is 4.87. The lowest BCUT2D eigenvalue weighted by atomic mass is 10.1. The third-order valence-electron chi connectivity index (χ3n) is 13.5. The number of fused-ring (bicyclic) bond motifs is 9. The van der Waals surface area contributed by atoms with Gasteiger partial charge in [-0.2, -0.15) is 0 Å². The zero-order chi connectivity index (χ0) is 42.5. The summed E-state index contributed by atoms with van der Waals surface area (Å²) in [4.78, 5) is 19.3. The molecule has 7 nitrogen and oxygen atoms in total. The van der Waals surface area contributed by atoms with Crippen LogP contribution in [0.5, 0.6) is 0 Å². The van der Waals surface area contributed by atoms with E-state index in [0.29, 0.717) is 5.95 Å². The molecular weight excluding hydrogens is 803 g/mol. The van der Waals surface area contributed by atoms with E-state index >= 15 is 0 Å². The second-order valence-corrected chi connectivity index (χ2v) is 26.5. The summed E-state index contributed by atoms with van der Waals surface area (Å²) in [7, 11) is -4.54. The topological polar surface area (TPSA) is 66.3 Å². The number of hydrogen-bond donors (Lipinski definition) is 0. The maximum absolute atomic E-state index is 4.87. The van der Waals surface area contributed by atoms with Crippen LogP contribution in [-0.4, -0.2) is 49.8 Å². The number of hydrogen-bond acceptors (Lipinski definition) is 4. The maximum Gasteiger partial charge on any atom is 0.234 e. The minimum Gasteiger partial charge on any atom is -0.294 e. The summed E-state index contributed by atoms with van der Waals surface area (Å²) in [5.74, 6) is 2.52. The van der Waals surface area contributed by atoms with Crippen LogP contribution in [0.4, 0.5) is 0 Å². The normalized spacial score (nSPS) is 12.4. The fraction of sp³-hybridized carbons (Fsp3) is 0.0741. The van der Waals surface area contributed by atoms with Gasteiger partial charge in [0.25, 0.3) is 0 Å². The summed E-state index contributed by atoms with van der Waals surface area (Å²) in [6.45, 7) is 9.85. The highest BCUT2D eigenvalue weighted by atomic mass is 28.3. The molecule has 302 valence electrons. The molecule has 0 atom stereocenters. The van der Waals surface area contributed by atoms with Gasteiger partial charge in [-0.25, -0.2) is 19.9 Å². The van der Waals surface area contributed by atoms with E-state index in [4.69, 9.17) is 19.9 Å². The predicted molar refractivity (Wildman–Crippen MR) is 267 cm³/mol. The lowest BCUT2D eigenvalue weighted by Gasteiger charge is -2.24. The Balaban J connectivity index is 1.01. The first-order valence-corrected chi connectivity index (χ1v) is 27.5. The molecule has 0 saturated carbocycles. The smallest absolute Gasteiger partial charge is 0.234 e. The van der Waals surface area contributed by atoms with Crippen molar-refractivity contribution in [2.45, 2.75) is 26.2 Å². The van der Waals surface area contributed by atoms with E-state index in [-0.39, 0.29) is 0 Å². The molecule has 63 heavy (non-hydrogen) atoms. The van der Waals surface area contributed by atoms with Gasteiger partial charge in [0.2, 0.25) is 5.95 Å². The summed E-state index contributed by atoms with van der Waals surface area (Å²) in [5, 5.41) is 12.8. The van der Waals surface area contributed by atoms with Crippen molar-refractivity contribution in [3.63, 3.8) is 0 Å². The van der Waals surface area contributed by atoms with Gasteiger partial charge in [0, 0.05) is 57.1 Å². The van der Waals surface area contributed by atoms with Crippen LogP contribution in [0, 0.1) is 0 Å². The Morgan fingerprint density at radius 3 is 1.02 bits per heavy atom. The molecule has 12 rings (SSSR count). The molecule has 6 aromatic heterocycles. The summed E-state index contributed by atoms with van der Waals surface area (Å²) < 4.78 is 6.91. The van der Waals surface area contributed by atoms with Crippen molar-refractivity contribution in [1.29, 1.82) is 0 Å². The van der Waals surface area contributed by atoms with E-state index in [0.717, 1.165) is 33.7 Å². The van der Waals surface area contributed by atoms with E-state index in [9.17, 15) is 0 Å². The Hall–Kier alpha value is -7.47. The molecule has 0 saturated heterocycles. The van der Waals surface area contributed by atoms with E-state index < -0.39 is 16.1 Å². The van der Waals surface area contributed by atoms with Gasteiger partial charge in [-0.1, -0.05) is 144 Å². The lowest BCUT2D eigenvalue weighted by Crippen LogP contribution is -2.52. The number of nitrogens with zero attached hydrogens (tertiary/aromatic N) is 7. The molecular formula is C54H43N7Si2. The first kappa shape index (κ1) is 37.3. The van der Waals surface area contributed by atoms with Crippen molar-refractivity contribution >= 4 is 102 Å². The third-order valence-corrected chi connectivity index (χ3v) is 20.5. The molecule has 0 fully saturated rings. The fourth-order valence-electron chi connectivity index (χ4n) is 9.94. The molecule has 6 aromatic carbocycles. The summed E-state index contributed by atoms with van der Waals surface area (Å²) in [5.41, 5.74) is 6.92. The third kappa shape index (κ3) is 5.70. The van der Waals surface area contributed by atoms with Gasteiger partial charge >= 0.3 is 0 Å². The van der Waals surface area contributed by atoms with Crippen molar-refractivity contribution in [2.75, 3.05) is 0 Å². The van der Waals surface area contributed by atoms with Gasteiger partial charge in [0.05, 0.1) is 33.1 Å². The van der Waals surface area contributed by atoms with Crippen LogP contribution in [0.2, 0.25) is 26.2 Å². The van der Waals surface area contributed by atoms with Gasteiger partial charge < -0.3 is 0 Å². The fourth-order valence-corrected chi connectivity index (χ4v) is 14.6. The van der Waals surface area contributed by atoms with Gasteiger partial charge in [-0.15, -0.1) is 0 Å².